The van der Waals surface area contributed by atoms with E-state index in [-0.39, 0.29) is 6.61 Å². The van der Waals surface area contributed by atoms with Crippen LogP contribution >= 0.6 is 15.9 Å². The third-order valence-corrected chi connectivity index (χ3v) is 3.65. The third kappa shape index (κ3) is 4.91. The van der Waals surface area contributed by atoms with Crippen LogP contribution < -0.4 is 0 Å². The highest BCUT2D eigenvalue weighted by Crippen LogP contribution is 2.20. The summed E-state index contributed by atoms with van der Waals surface area (Å²) >= 11 is 3.43. The van der Waals surface area contributed by atoms with E-state index in [1.54, 1.807) is 0 Å². The van der Waals surface area contributed by atoms with Crippen molar-refractivity contribution >= 4 is 15.9 Å². The number of hydrogen-bond donors (Lipinski definition) is 1. The SMILES string of the molecule is CCCCN(CCO)Cc1nc(-c2cccc(Br)c2)no1. The van der Waals surface area contributed by atoms with E-state index >= 15 is 0 Å². The average Bonchev–Trinajstić information content (AvgIpc) is 2.93. The van der Waals surface area contributed by atoms with Crippen molar-refractivity contribution in [3.63, 3.8) is 0 Å². The molecule has 6 heteroatoms. The van der Waals surface area contributed by atoms with E-state index in [1.165, 1.54) is 0 Å². The van der Waals surface area contributed by atoms with Gasteiger partial charge in [0.15, 0.2) is 0 Å². The smallest absolute Gasteiger partial charge is 0.241 e. The van der Waals surface area contributed by atoms with Gasteiger partial charge in [-0.1, -0.05) is 46.6 Å². The van der Waals surface area contributed by atoms with Crippen LogP contribution in [0.1, 0.15) is 25.7 Å². The Morgan fingerprint density at radius 1 is 1.33 bits per heavy atom. The Balaban J connectivity index is 2.04. The Morgan fingerprint density at radius 2 is 2.19 bits per heavy atom. The maximum atomic E-state index is 9.11. The number of benzene rings is 1. The molecule has 21 heavy (non-hydrogen) atoms. The summed E-state index contributed by atoms with van der Waals surface area (Å²) in [6, 6.07) is 7.80. The van der Waals surface area contributed by atoms with Gasteiger partial charge in [-0.3, -0.25) is 4.90 Å². The molecule has 1 heterocycles. The number of aliphatic hydroxyl groups excluding tert-OH is 1. The van der Waals surface area contributed by atoms with Gasteiger partial charge >= 0.3 is 0 Å². The van der Waals surface area contributed by atoms with Gasteiger partial charge in [-0.2, -0.15) is 4.98 Å². The van der Waals surface area contributed by atoms with Crippen LogP contribution in [0.4, 0.5) is 0 Å². The number of hydrogen-bond acceptors (Lipinski definition) is 5. The molecule has 0 unspecified atom stereocenters. The molecule has 0 saturated heterocycles. The zero-order valence-electron chi connectivity index (χ0n) is 12.1. The third-order valence-electron chi connectivity index (χ3n) is 3.15. The summed E-state index contributed by atoms with van der Waals surface area (Å²) in [7, 11) is 0. The summed E-state index contributed by atoms with van der Waals surface area (Å²) in [4.78, 5) is 6.56. The Hall–Kier alpha value is -1.24. The molecule has 0 aliphatic carbocycles. The van der Waals surface area contributed by atoms with E-state index in [0.29, 0.717) is 24.8 Å². The summed E-state index contributed by atoms with van der Waals surface area (Å²) in [5, 5.41) is 13.1. The van der Waals surface area contributed by atoms with Crippen molar-refractivity contribution in [3.05, 3.63) is 34.6 Å². The molecule has 0 aliphatic rings. The fourth-order valence-corrected chi connectivity index (χ4v) is 2.45. The maximum absolute atomic E-state index is 9.11. The molecule has 5 nitrogen and oxygen atoms in total. The summed E-state index contributed by atoms with van der Waals surface area (Å²) in [5.41, 5.74) is 0.918. The molecule has 0 radical (unpaired) electrons. The average molecular weight is 354 g/mol. The highest BCUT2D eigenvalue weighted by atomic mass is 79.9. The minimum atomic E-state index is 0.135. The van der Waals surface area contributed by atoms with Gasteiger partial charge in [0.25, 0.3) is 0 Å². The Labute approximate surface area is 133 Å². The molecule has 2 rings (SSSR count). The quantitative estimate of drug-likeness (QED) is 0.789. The van der Waals surface area contributed by atoms with Crippen LogP contribution in [-0.2, 0) is 6.54 Å². The van der Waals surface area contributed by atoms with Crippen LogP contribution in [0.2, 0.25) is 0 Å². The number of rotatable bonds is 8. The second-order valence-electron chi connectivity index (χ2n) is 4.88. The lowest BCUT2D eigenvalue weighted by molar-refractivity contribution is 0.172. The van der Waals surface area contributed by atoms with Crippen molar-refractivity contribution in [2.45, 2.75) is 26.3 Å². The first-order chi connectivity index (χ1) is 10.2. The molecule has 1 aromatic carbocycles. The fourth-order valence-electron chi connectivity index (χ4n) is 2.05. The van der Waals surface area contributed by atoms with Crippen molar-refractivity contribution in [1.29, 1.82) is 0 Å². The summed E-state index contributed by atoms with van der Waals surface area (Å²) in [6.45, 7) is 4.40. The van der Waals surface area contributed by atoms with E-state index in [2.05, 4.69) is 37.9 Å². The number of nitrogens with zero attached hydrogens (tertiary/aromatic N) is 3. The summed E-state index contributed by atoms with van der Waals surface area (Å²) in [5.74, 6) is 1.17. The van der Waals surface area contributed by atoms with Gasteiger partial charge in [-0.05, 0) is 25.1 Å². The van der Waals surface area contributed by atoms with Crippen LogP contribution in [0, 0.1) is 0 Å². The van der Waals surface area contributed by atoms with Gasteiger partial charge in [0, 0.05) is 16.6 Å². The molecule has 0 atom stereocenters. The topological polar surface area (TPSA) is 62.4 Å². The Bertz CT molecular complexity index is 559. The molecule has 0 spiro atoms. The standard InChI is InChI=1S/C15H20BrN3O2/c1-2-3-7-19(8-9-20)11-14-17-15(18-21-14)12-5-4-6-13(16)10-12/h4-6,10,20H,2-3,7-9,11H2,1H3. The molecule has 1 aromatic heterocycles. The van der Waals surface area contributed by atoms with E-state index < -0.39 is 0 Å². The molecule has 1 N–H and O–H groups in total. The van der Waals surface area contributed by atoms with E-state index in [1.807, 2.05) is 24.3 Å². The zero-order valence-corrected chi connectivity index (χ0v) is 13.7. The summed E-state index contributed by atoms with van der Waals surface area (Å²) < 4.78 is 6.30. The van der Waals surface area contributed by atoms with Gasteiger partial charge in [0.1, 0.15) is 0 Å². The Morgan fingerprint density at radius 3 is 2.90 bits per heavy atom. The van der Waals surface area contributed by atoms with E-state index in [9.17, 15) is 0 Å². The number of halogens is 1. The lowest BCUT2D eigenvalue weighted by atomic mass is 10.2. The highest BCUT2D eigenvalue weighted by Gasteiger charge is 2.12. The van der Waals surface area contributed by atoms with Gasteiger partial charge in [-0.15, -0.1) is 0 Å². The van der Waals surface area contributed by atoms with Crippen LogP contribution in [-0.4, -0.2) is 39.8 Å². The summed E-state index contributed by atoms with van der Waals surface area (Å²) in [6.07, 6.45) is 2.21. The first kappa shape index (κ1) is 16.1. The fraction of sp³-hybridized carbons (Fsp3) is 0.467. The van der Waals surface area contributed by atoms with Crippen molar-refractivity contribution in [3.8, 4) is 11.4 Å². The van der Waals surface area contributed by atoms with Gasteiger partial charge in [0.2, 0.25) is 11.7 Å². The van der Waals surface area contributed by atoms with Gasteiger partial charge in [0.05, 0.1) is 13.2 Å². The first-order valence-corrected chi connectivity index (χ1v) is 7.94. The van der Waals surface area contributed by atoms with Crippen molar-refractivity contribution < 1.29 is 9.63 Å². The number of aromatic nitrogens is 2. The molecule has 0 fully saturated rings. The predicted octanol–water partition coefficient (Wildman–Crippen LogP) is 3.09. The van der Waals surface area contributed by atoms with E-state index in [4.69, 9.17) is 9.63 Å². The Kier molecular flexibility index (Phi) is 6.35. The molecule has 2 aromatic rings. The number of aliphatic hydroxyl groups is 1. The van der Waals surface area contributed by atoms with Crippen molar-refractivity contribution in [1.82, 2.24) is 15.0 Å². The molecular weight excluding hydrogens is 334 g/mol. The maximum Gasteiger partial charge on any atom is 0.241 e. The van der Waals surface area contributed by atoms with Crippen molar-refractivity contribution in [2.75, 3.05) is 19.7 Å². The van der Waals surface area contributed by atoms with Crippen molar-refractivity contribution in [2.24, 2.45) is 0 Å². The van der Waals surface area contributed by atoms with Crippen LogP contribution in [0.5, 0.6) is 0 Å². The van der Waals surface area contributed by atoms with Crippen LogP contribution in [0.3, 0.4) is 0 Å². The predicted molar refractivity (Wildman–Crippen MR) is 84.7 cm³/mol. The second kappa shape index (κ2) is 8.26. The molecule has 0 aliphatic heterocycles. The molecule has 0 bridgehead atoms. The lowest BCUT2D eigenvalue weighted by Crippen LogP contribution is -2.27. The molecular formula is C15H20BrN3O2. The largest absolute Gasteiger partial charge is 0.395 e. The second-order valence-corrected chi connectivity index (χ2v) is 5.79. The zero-order chi connectivity index (χ0) is 15.1. The minimum absolute atomic E-state index is 0.135. The lowest BCUT2D eigenvalue weighted by Gasteiger charge is -2.18. The van der Waals surface area contributed by atoms with Gasteiger partial charge in [-0.25, -0.2) is 0 Å². The van der Waals surface area contributed by atoms with E-state index in [0.717, 1.165) is 29.4 Å². The monoisotopic (exact) mass is 353 g/mol. The van der Waals surface area contributed by atoms with Gasteiger partial charge < -0.3 is 9.63 Å². The minimum Gasteiger partial charge on any atom is -0.395 e. The number of unbranched alkanes of at least 4 members (excludes halogenated alkanes) is 1. The first-order valence-electron chi connectivity index (χ1n) is 7.14. The van der Waals surface area contributed by atoms with Crippen LogP contribution in [0.25, 0.3) is 11.4 Å². The highest BCUT2D eigenvalue weighted by molar-refractivity contribution is 9.10. The van der Waals surface area contributed by atoms with Crippen LogP contribution in [0.15, 0.2) is 33.3 Å². The molecule has 0 saturated carbocycles. The molecule has 114 valence electrons. The molecule has 0 amide bonds. The normalized spacial score (nSPS) is 11.2.